The first-order valence-corrected chi connectivity index (χ1v) is 6.84. The number of carboxylic acids is 2. The van der Waals surface area contributed by atoms with Crippen LogP contribution in [-0.4, -0.2) is 35.2 Å². The van der Waals surface area contributed by atoms with Crippen molar-refractivity contribution in [2.24, 2.45) is 0 Å². The lowest BCUT2D eigenvalue weighted by Crippen LogP contribution is -2.27. The summed E-state index contributed by atoms with van der Waals surface area (Å²) >= 11 is 0. The summed E-state index contributed by atoms with van der Waals surface area (Å²) in [4.78, 5) is 23.6. The molecule has 110 valence electrons. The van der Waals surface area contributed by atoms with E-state index in [9.17, 15) is 9.59 Å². The molecule has 0 aliphatic carbocycles. The molecule has 0 aliphatic rings. The summed E-state index contributed by atoms with van der Waals surface area (Å²) in [5.41, 5.74) is 0.987. The second-order valence-corrected chi connectivity index (χ2v) is 4.69. The van der Waals surface area contributed by atoms with Gasteiger partial charge in [-0.15, -0.1) is 0 Å². The Morgan fingerprint density at radius 3 is 2.50 bits per heavy atom. The molecule has 0 atom stereocenters. The number of aliphatic carboxylic acids is 1. The highest BCUT2D eigenvalue weighted by Crippen LogP contribution is 2.18. The van der Waals surface area contributed by atoms with Crippen LogP contribution in [0, 0.1) is 0 Å². The largest absolute Gasteiger partial charge is 0.481 e. The molecule has 0 unspecified atom stereocenters. The number of hydrogen-bond acceptors (Lipinski definition) is 3. The number of nitrogens with zero attached hydrogens (tertiary/aromatic N) is 1. The van der Waals surface area contributed by atoms with E-state index >= 15 is 0 Å². The maximum Gasteiger partial charge on any atom is 0.335 e. The zero-order valence-electron chi connectivity index (χ0n) is 11.7. The third-order valence-corrected chi connectivity index (χ3v) is 3.09. The van der Waals surface area contributed by atoms with Gasteiger partial charge in [-0.1, -0.05) is 25.8 Å². The Hall–Kier alpha value is -2.04. The predicted octanol–water partition coefficient (Wildman–Crippen LogP) is 2.86. The van der Waals surface area contributed by atoms with Gasteiger partial charge < -0.3 is 15.1 Å². The van der Waals surface area contributed by atoms with Crippen molar-refractivity contribution in [1.29, 1.82) is 0 Å². The molecule has 0 spiro atoms. The molecule has 0 radical (unpaired) electrons. The molecular formula is C15H21NO4. The number of benzene rings is 1. The van der Waals surface area contributed by atoms with Crippen molar-refractivity contribution < 1.29 is 19.8 Å². The lowest BCUT2D eigenvalue weighted by molar-refractivity contribution is -0.136. The fourth-order valence-electron chi connectivity index (χ4n) is 1.99. The molecule has 2 N–H and O–H groups in total. The van der Waals surface area contributed by atoms with E-state index in [0.29, 0.717) is 6.54 Å². The monoisotopic (exact) mass is 279 g/mol. The van der Waals surface area contributed by atoms with Gasteiger partial charge in [0.25, 0.3) is 0 Å². The standard InChI is InChI=1S/C15H21NO4/c1-2-3-4-9-16(10-8-14(17)18)13-7-5-6-12(11-13)15(19)20/h5-7,11H,2-4,8-10H2,1H3,(H,17,18)(H,19,20). The van der Waals surface area contributed by atoms with Gasteiger partial charge in [0, 0.05) is 18.8 Å². The van der Waals surface area contributed by atoms with Crippen LogP contribution in [0.4, 0.5) is 5.69 Å². The minimum Gasteiger partial charge on any atom is -0.481 e. The highest BCUT2D eigenvalue weighted by Gasteiger charge is 2.11. The molecule has 1 aromatic rings. The average Bonchev–Trinajstić information content (AvgIpc) is 2.42. The molecule has 0 amide bonds. The number of unbranched alkanes of at least 4 members (excludes halogenated alkanes) is 2. The van der Waals surface area contributed by atoms with E-state index in [1.165, 1.54) is 6.07 Å². The van der Waals surface area contributed by atoms with Gasteiger partial charge in [-0.05, 0) is 24.6 Å². The molecular weight excluding hydrogens is 258 g/mol. The molecule has 0 saturated carbocycles. The smallest absolute Gasteiger partial charge is 0.335 e. The maximum atomic E-state index is 11.0. The fourth-order valence-corrected chi connectivity index (χ4v) is 1.99. The van der Waals surface area contributed by atoms with Crippen LogP contribution in [0.3, 0.4) is 0 Å². The van der Waals surface area contributed by atoms with Crippen LogP contribution < -0.4 is 4.90 Å². The van der Waals surface area contributed by atoms with Gasteiger partial charge in [-0.3, -0.25) is 4.79 Å². The molecule has 1 rings (SSSR count). The van der Waals surface area contributed by atoms with Crippen molar-refractivity contribution in [2.75, 3.05) is 18.0 Å². The van der Waals surface area contributed by atoms with Crippen molar-refractivity contribution in [2.45, 2.75) is 32.6 Å². The van der Waals surface area contributed by atoms with Crippen LogP contribution in [0.25, 0.3) is 0 Å². The molecule has 5 heteroatoms. The number of rotatable bonds is 9. The molecule has 5 nitrogen and oxygen atoms in total. The summed E-state index contributed by atoms with van der Waals surface area (Å²) in [6.45, 7) is 3.24. The molecule has 0 aliphatic heterocycles. The van der Waals surface area contributed by atoms with E-state index in [4.69, 9.17) is 10.2 Å². The minimum absolute atomic E-state index is 0.0451. The number of anilines is 1. The second-order valence-electron chi connectivity index (χ2n) is 4.69. The Morgan fingerprint density at radius 2 is 1.90 bits per heavy atom. The van der Waals surface area contributed by atoms with Crippen LogP contribution in [0.15, 0.2) is 24.3 Å². The van der Waals surface area contributed by atoms with Gasteiger partial charge in [0.2, 0.25) is 0 Å². The Balaban J connectivity index is 2.81. The number of aromatic carboxylic acids is 1. The second kappa shape index (κ2) is 8.19. The number of carboxylic acid groups (broad SMARTS) is 2. The van der Waals surface area contributed by atoms with Gasteiger partial charge in [-0.25, -0.2) is 4.79 Å². The van der Waals surface area contributed by atoms with Crippen molar-refractivity contribution in [3.63, 3.8) is 0 Å². The van der Waals surface area contributed by atoms with Crippen molar-refractivity contribution in [3.8, 4) is 0 Å². The van der Waals surface area contributed by atoms with Crippen LogP contribution in [-0.2, 0) is 4.79 Å². The third-order valence-electron chi connectivity index (χ3n) is 3.09. The van der Waals surface area contributed by atoms with Crippen LogP contribution in [0.2, 0.25) is 0 Å². The van der Waals surface area contributed by atoms with E-state index in [1.54, 1.807) is 12.1 Å². The Bertz CT molecular complexity index is 459. The number of hydrogen-bond donors (Lipinski definition) is 2. The molecule has 1 aromatic carbocycles. The lowest BCUT2D eigenvalue weighted by Gasteiger charge is -2.24. The molecule has 20 heavy (non-hydrogen) atoms. The van der Waals surface area contributed by atoms with E-state index in [1.807, 2.05) is 11.0 Å². The highest BCUT2D eigenvalue weighted by atomic mass is 16.4. The minimum atomic E-state index is -0.974. The predicted molar refractivity (Wildman–Crippen MR) is 77.4 cm³/mol. The van der Waals surface area contributed by atoms with E-state index in [2.05, 4.69) is 6.92 Å². The maximum absolute atomic E-state index is 11.0. The highest BCUT2D eigenvalue weighted by molar-refractivity contribution is 5.88. The summed E-state index contributed by atoms with van der Waals surface area (Å²) in [5.74, 6) is -1.82. The van der Waals surface area contributed by atoms with E-state index in [-0.39, 0.29) is 12.0 Å². The first kappa shape index (κ1) is 16.0. The third kappa shape index (κ3) is 5.30. The first-order chi connectivity index (χ1) is 9.54. The van der Waals surface area contributed by atoms with Crippen LogP contribution in [0.1, 0.15) is 43.0 Å². The van der Waals surface area contributed by atoms with Gasteiger partial charge >= 0.3 is 11.9 Å². The Labute approximate surface area is 118 Å². The van der Waals surface area contributed by atoms with E-state index in [0.717, 1.165) is 31.5 Å². The summed E-state index contributed by atoms with van der Waals surface area (Å²) in [6.07, 6.45) is 3.17. The van der Waals surface area contributed by atoms with Crippen molar-refractivity contribution in [1.82, 2.24) is 0 Å². The molecule has 0 heterocycles. The van der Waals surface area contributed by atoms with E-state index < -0.39 is 11.9 Å². The Kier molecular flexibility index (Phi) is 6.56. The normalized spacial score (nSPS) is 10.2. The molecule has 0 bridgehead atoms. The van der Waals surface area contributed by atoms with Crippen molar-refractivity contribution in [3.05, 3.63) is 29.8 Å². The SMILES string of the molecule is CCCCCN(CCC(=O)O)c1cccc(C(=O)O)c1. The summed E-state index contributed by atoms with van der Waals surface area (Å²) in [5, 5.41) is 17.8. The fraction of sp³-hybridized carbons (Fsp3) is 0.467. The zero-order valence-corrected chi connectivity index (χ0v) is 11.7. The topological polar surface area (TPSA) is 77.8 Å². The van der Waals surface area contributed by atoms with Crippen LogP contribution >= 0.6 is 0 Å². The molecule has 0 aromatic heterocycles. The van der Waals surface area contributed by atoms with Crippen LogP contribution in [0.5, 0.6) is 0 Å². The van der Waals surface area contributed by atoms with Gasteiger partial charge in [0.1, 0.15) is 0 Å². The quantitative estimate of drug-likeness (QED) is 0.680. The first-order valence-electron chi connectivity index (χ1n) is 6.84. The lowest BCUT2D eigenvalue weighted by atomic mass is 10.1. The molecule has 0 saturated heterocycles. The van der Waals surface area contributed by atoms with Crippen molar-refractivity contribution >= 4 is 17.6 Å². The zero-order chi connectivity index (χ0) is 15.0. The number of carbonyl (C=O) groups is 2. The summed E-state index contributed by atoms with van der Waals surface area (Å²) in [6, 6.07) is 6.63. The van der Waals surface area contributed by atoms with Gasteiger partial charge in [0.15, 0.2) is 0 Å². The van der Waals surface area contributed by atoms with Gasteiger partial charge in [-0.2, -0.15) is 0 Å². The van der Waals surface area contributed by atoms with Gasteiger partial charge in [0.05, 0.1) is 12.0 Å². The Morgan fingerprint density at radius 1 is 1.15 bits per heavy atom. The summed E-state index contributed by atoms with van der Waals surface area (Å²) in [7, 11) is 0. The summed E-state index contributed by atoms with van der Waals surface area (Å²) < 4.78 is 0. The molecule has 0 fully saturated rings. The average molecular weight is 279 g/mol.